The van der Waals surface area contributed by atoms with Gasteiger partial charge < -0.3 is 11.1 Å². The molecule has 28 heavy (non-hydrogen) atoms. The molecular formula is C22H23N3O2S. The molecule has 0 heterocycles. The monoisotopic (exact) mass is 393 g/mol. The molecule has 0 radical (unpaired) electrons. The fraction of sp³-hybridized carbons (Fsp3) is 0.136. The van der Waals surface area contributed by atoms with E-state index in [-0.39, 0.29) is 5.91 Å². The Morgan fingerprint density at radius 1 is 0.964 bits per heavy atom. The molecule has 144 valence electrons. The van der Waals surface area contributed by atoms with Gasteiger partial charge in [0.2, 0.25) is 0 Å². The summed E-state index contributed by atoms with van der Waals surface area (Å²) >= 11 is 4.24. The number of carbonyl (C=O) groups is 1. The number of nitrogen functional groups attached to an aromatic ring is 1. The lowest BCUT2D eigenvalue weighted by Gasteiger charge is -2.09. The van der Waals surface area contributed by atoms with Crippen molar-refractivity contribution in [1.82, 2.24) is 5.32 Å². The highest BCUT2D eigenvalue weighted by molar-refractivity contribution is 7.79. The van der Waals surface area contributed by atoms with Gasteiger partial charge in [0.05, 0.1) is 6.61 Å². The molecule has 0 spiro atoms. The largest absolute Gasteiger partial charge is 0.398 e. The summed E-state index contributed by atoms with van der Waals surface area (Å²) in [4.78, 5) is 17.1. The molecule has 3 rings (SSSR count). The minimum atomic E-state index is -0.131. The summed E-state index contributed by atoms with van der Waals surface area (Å²) in [7, 11) is 0. The quantitative estimate of drug-likeness (QED) is 0.280. The SMILES string of the molecule is NOCc1cccc(-c2ccc(C(=O)NCc3ccc(CS)c(N)c3)cc2)c1. The number of amides is 1. The fourth-order valence-corrected chi connectivity index (χ4v) is 3.22. The van der Waals surface area contributed by atoms with Crippen LogP contribution in [0.4, 0.5) is 5.69 Å². The molecule has 3 aromatic rings. The highest BCUT2D eigenvalue weighted by atomic mass is 32.1. The molecule has 5 N–H and O–H groups in total. The second kappa shape index (κ2) is 9.41. The van der Waals surface area contributed by atoms with Crippen LogP contribution in [0.5, 0.6) is 0 Å². The number of anilines is 1. The van der Waals surface area contributed by atoms with E-state index < -0.39 is 0 Å². The standard InChI is InChI=1S/C22H23N3O2S/c23-21-11-15(4-5-20(21)14-28)12-25-22(26)18-8-6-17(7-9-18)19-3-1-2-16(10-19)13-27-24/h1-11,28H,12-14,23-24H2,(H,25,26). The first-order valence-corrected chi connectivity index (χ1v) is 9.51. The van der Waals surface area contributed by atoms with Crippen molar-refractivity contribution >= 4 is 24.2 Å². The van der Waals surface area contributed by atoms with Crippen molar-refractivity contribution in [1.29, 1.82) is 0 Å². The Balaban J connectivity index is 1.65. The van der Waals surface area contributed by atoms with Crippen molar-refractivity contribution in [2.45, 2.75) is 18.9 Å². The number of nitrogens with one attached hydrogen (secondary N) is 1. The van der Waals surface area contributed by atoms with Gasteiger partial charge in [-0.2, -0.15) is 12.6 Å². The summed E-state index contributed by atoms with van der Waals surface area (Å²) in [5, 5.41) is 2.92. The summed E-state index contributed by atoms with van der Waals surface area (Å²) in [6.07, 6.45) is 0. The van der Waals surface area contributed by atoms with Crippen LogP contribution in [0.15, 0.2) is 66.7 Å². The predicted molar refractivity (Wildman–Crippen MR) is 116 cm³/mol. The van der Waals surface area contributed by atoms with Gasteiger partial charge in [0, 0.05) is 23.5 Å². The number of benzene rings is 3. The van der Waals surface area contributed by atoms with Gasteiger partial charge in [-0.1, -0.05) is 42.5 Å². The van der Waals surface area contributed by atoms with Crippen molar-refractivity contribution in [3.05, 3.63) is 89.0 Å². The van der Waals surface area contributed by atoms with Crippen molar-refractivity contribution in [3.63, 3.8) is 0 Å². The Bertz CT molecular complexity index is 958. The molecule has 3 aromatic carbocycles. The molecule has 6 heteroatoms. The van der Waals surface area contributed by atoms with E-state index in [0.29, 0.717) is 30.2 Å². The van der Waals surface area contributed by atoms with Crippen LogP contribution in [-0.2, 0) is 23.7 Å². The van der Waals surface area contributed by atoms with Crippen LogP contribution < -0.4 is 16.9 Å². The van der Waals surface area contributed by atoms with Gasteiger partial charge in [-0.3, -0.25) is 9.63 Å². The number of rotatable bonds is 7. The fourth-order valence-electron chi connectivity index (χ4n) is 2.93. The van der Waals surface area contributed by atoms with Crippen LogP contribution in [0, 0.1) is 0 Å². The first kappa shape index (κ1) is 19.9. The molecule has 5 nitrogen and oxygen atoms in total. The lowest BCUT2D eigenvalue weighted by atomic mass is 10.0. The molecule has 0 aromatic heterocycles. The van der Waals surface area contributed by atoms with Crippen LogP contribution in [-0.4, -0.2) is 5.91 Å². The van der Waals surface area contributed by atoms with E-state index in [1.165, 1.54) is 0 Å². The van der Waals surface area contributed by atoms with Gasteiger partial charge in [-0.25, -0.2) is 5.90 Å². The van der Waals surface area contributed by atoms with Gasteiger partial charge in [-0.05, 0) is 52.1 Å². The molecule has 0 aliphatic heterocycles. The number of hydrogen-bond acceptors (Lipinski definition) is 5. The lowest BCUT2D eigenvalue weighted by molar-refractivity contribution is 0.0951. The number of carbonyl (C=O) groups excluding carboxylic acids is 1. The van der Waals surface area contributed by atoms with E-state index in [4.69, 9.17) is 11.6 Å². The second-order valence-corrected chi connectivity index (χ2v) is 6.78. The third-order valence-corrected chi connectivity index (χ3v) is 4.83. The van der Waals surface area contributed by atoms with Gasteiger partial charge >= 0.3 is 0 Å². The maximum atomic E-state index is 12.4. The van der Waals surface area contributed by atoms with Crippen molar-refractivity contribution in [2.24, 2.45) is 5.90 Å². The van der Waals surface area contributed by atoms with Gasteiger partial charge in [0.1, 0.15) is 0 Å². The maximum absolute atomic E-state index is 12.4. The van der Waals surface area contributed by atoms with E-state index in [9.17, 15) is 4.79 Å². The van der Waals surface area contributed by atoms with Crippen molar-refractivity contribution in [3.8, 4) is 11.1 Å². The number of hydrogen-bond donors (Lipinski definition) is 4. The van der Waals surface area contributed by atoms with Gasteiger partial charge in [-0.15, -0.1) is 0 Å². The van der Waals surface area contributed by atoms with E-state index >= 15 is 0 Å². The van der Waals surface area contributed by atoms with E-state index in [1.54, 1.807) is 0 Å². The normalized spacial score (nSPS) is 10.6. The summed E-state index contributed by atoms with van der Waals surface area (Å²) in [5.74, 6) is 5.60. The Morgan fingerprint density at radius 2 is 1.75 bits per heavy atom. The van der Waals surface area contributed by atoms with E-state index in [2.05, 4.69) is 22.8 Å². The molecule has 0 fully saturated rings. The van der Waals surface area contributed by atoms with Crippen LogP contribution in [0.2, 0.25) is 0 Å². The zero-order valence-electron chi connectivity index (χ0n) is 15.4. The molecule has 0 saturated carbocycles. The van der Waals surface area contributed by atoms with Gasteiger partial charge in [0.25, 0.3) is 5.91 Å². The summed E-state index contributed by atoms with van der Waals surface area (Å²) in [5.41, 5.74) is 12.3. The smallest absolute Gasteiger partial charge is 0.251 e. The minimum absolute atomic E-state index is 0.131. The molecule has 1 amide bonds. The first-order valence-electron chi connectivity index (χ1n) is 8.88. The topological polar surface area (TPSA) is 90.4 Å². The Morgan fingerprint density at radius 3 is 2.43 bits per heavy atom. The first-order chi connectivity index (χ1) is 13.6. The predicted octanol–water partition coefficient (Wildman–Crippen LogP) is 3.69. The number of thiol groups is 1. The molecule has 0 atom stereocenters. The Hall–Kier alpha value is -2.80. The highest BCUT2D eigenvalue weighted by Gasteiger charge is 2.07. The molecule has 0 aliphatic rings. The third-order valence-electron chi connectivity index (χ3n) is 4.49. The lowest BCUT2D eigenvalue weighted by Crippen LogP contribution is -2.22. The number of nitrogens with two attached hydrogens (primary N) is 2. The zero-order valence-corrected chi connectivity index (χ0v) is 16.3. The summed E-state index contributed by atoms with van der Waals surface area (Å²) in [6.45, 7) is 0.770. The third kappa shape index (κ3) is 4.92. The van der Waals surface area contributed by atoms with E-state index in [0.717, 1.165) is 27.8 Å². The van der Waals surface area contributed by atoms with Gasteiger partial charge in [0.15, 0.2) is 0 Å². The van der Waals surface area contributed by atoms with E-state index in [1.807, 2.05) is 66.7 Å². The van der Waals surface area contributed by atoms with Crippen LogP contribution >= 0.6 is 12.6 Å². The molecule has 0 bridgehead atoms. The minimum Gasteiger partial charge on any atom is -0.398 e. The van der Waals surface area contributed by atoms with Crippen molar-refractivity contribution < 1.29 is 9.63 Å². The molecule has 0 aliphatic carbocycles. The van der Waals surface area contributed by atoms with Crippen LogP contribution in [0.1, 0.15) is 27.0 Å². The second-order valence-electron chi connectivity index (χ2n) is 6.46. The zero-order chi connectivity index (χ0) is 19.9. The molecule has 0 saturated heterocycles. The van der Waals surface area contributed by atoms with Crippen molar-refractivity contribution in [2.75, 3.05) is 5.73 Å². The highest BCUT2D eigenvalue weighted by Crippen LogP contribution is 2.21. The van der Waals surface area contributed by atoms with Crippen LogP contribution in [0.25, 0.3) is 11.1 Å². The van der Waals surface area contributed by atoms with Crippen LogP contribution in [0.3, 0.4) is 0 Å². The Kier molecular flexibility index (Phi) is 6.71. The molecule has 0 unspecified atom stereocenters. The molecular weight excluding hydrogens is 370 g/mol. The Labute approximate surface area is 170 Å². The average Bonchev–Trinajstić information content (AvgIpc) is 2.73. The average molecular weight is 394 g/mol. The summed E-state index contributed by atoms with van der Waals surface area (Å²) < 4.78 is 0. The summed E-state index contributed by atoms with van der Waals surface area (Å²) in [6, 6.07) is 21.2. The maximum Gasteiger partial charge on any atom is 0.251 e.